The third-order valence-corrected chi connectivity index (χ3v) is 1.25. The fourth-order valence-electron chi connectivity index (χ4n) is 0.710. The lowest BCUT2D eigenvalue weighted by Crippen LogP contribution is -2.33. The first-order chi connectivity index (χ1) is 5.84. The van der Waals surface area contributed by atoms with Gasteiger partial charge in [0, 0.05) is 17.9 Å². The van der Waals surface area contributed by atoms with Crippen LogP contribution in [0, 0.1) is 0 Å². The lowest BCUT2D eigenvalue weighted by atomic mass is 9.82. The van der Waals surface area contributed by atoms with Crippen LogP contribution in [-0.4, -0.2) is 23.7 Å². The molecule has 0 radical (unpaired) electrons. The molecule has 0 amide bonds. The molecule has 1 N–H and O–H groups in total. The molecule has 0 aliphatic heterocycles. The van der Waals surface area contributed by atoms with Gasteiger partial charge in [-0.25, -0.2) is 4.89 Å². The number of nitrogens with zero attached hydrogens (tertiary/aromatic N) is 1. The van der Waals surface area contributed by atoms with Crippen molar-refractivity contribution in [3.8, 4) is 0 Å². The first-order valence-corrected chi connectivity index (χ1v) is 3.71. The normalized spacial score (nSPS) is 9.83. The summed E-state index contributed by atoms with van der Waals surface area (Å²) in [5.41, 5.74) is 0.575. The molecule has 0 spiro atoms. The van der Waals surface area contributed by atoms with Gasteiger partial charge in [-0.1, -0.05) is 6.07 Å². The summed E-state index contributed by atoms with van der Waals surface area (Å²) in [4.78, 5) is 13.0. The van der Waals surface area contributed by atoms with Gasteiger partial charge in [0.05, 0.1) is 6.61 Å². The minimum Gasteiger partial charge on any atom is -0.422 e. The summed E-state index contributed by atoms with van der Waals surface area (Å²) in [6.07, 6.45) is 3.14. The Morgan fingerprint density at radius 2 is 2.50 bits per heavy atom. The molecule has 0 fully saturated rings. The molecular weight excluding hydrogens is 157 g/mol. The Kier molecular flexibility index (Phi) is 3.73. The summed E-state index contributed by atoms with van der Waals surface area (Å²) in [6, 6.07) is 3.42. The van der Waals surface area contributed by atoms with E-state index in [9.17, 15) is 5.02 Å². The van der Waals surface area contributed by atoms with Gasteiger partial charge in [0.2, 0.25) is 0 Å². The summed E-state index contributed by atoms with van der Waals surface area (Å²) < 4.78 is 0. The quantitative estimate of drug-likeness (QED) is 0.381. The minimum absolute atomic E-state index is 0.400. The molecule has 1 aromatic heterocycles. The lowest BCUT2D eigenvalue weighted by Gasteiger charge is -2.04. The molecule has 1 aromatic rings. The van der Waals surface area contributed by atoms with Gasteiger partial charge in [-0.3, -0.25) is 9.79 Å². The highest BCUT2D eigenvalue weighted by atomic mass is 17.2. The molecule has 0 bridgehead atoms. The molecule has 64 valence electrons. The second-order valence-electron chi connectivity index (χ2n) is 2.14. The summed E-state index contributed by atoms with van der Waals surface area (Å²) >= 11 is 0. The zero-order chi connectivity index (χ0) is 8.81. The van der Waals surface area contributed by atoms with Crippen molar-refractivity contribution >= 4 is 12.6 Å². The van der Waals surface area contributed by atoms with Crippen LogP contribution in [0.4, 0.5) is 0 Å². The van der Waals surface area contributed by atoms with Crippen molar-refractivity contribution in [3.63, 3.8) is 0 Å². The van der Waals surface area contributed by atoms with E-state index in [0.29, 0.717) is 12.1 Å². The Balaban J connectivity index is 2.48. The Labute approximate surface area is 71.2 Å². The third-order valence-electron chi connectivity index (χ3n) is 1.25. The smallest absolute Gasteiger partial charge is 0.422 e. The van der Waals surface area contributed by atoms with Crippen LogP contribution >= 0.6 is 0 Å². The predicted molar refractivity (Wildman–Crippen MR) is 44.6 cm³/mol. The van der Waals surface area contributed by atoms with Crippen molar-refractivity contribution in [1.29, 1.82) is 0 Å². The summed E-state index contributed by atoms with van der Waals surface area (Å²) in [7, 11) is -1.06. The highest BCUT2D eigenvalue weighted by Crippen LogP contribution is 1.86. The van der Waals surface area contributed by atoms with Gasteiger partial charge < -0.3 is 5.02 Å². The molecule has 0 atom stereocenters. The van der Waals surface area contributed by atoms with Crippen molar-refractivity contribution in [3.05, 3.63) is 24.5 Å². The Hall–Kier alpha value is -0.905. The molecule has 5 heteroatoms. The first-order valence-electron chi connectivity index (χ1n) is 3.71. The molecule has 0 unspecified atom stereocenters. The van der Waals surface area contributed by atoms with E-state index in [2.05, 4.69) is 14.7 Å². The van der Waals surface area contributed by atoms with Crippen molar-refractivity contribution < 1.29 is 14.7 Å². The number of aromatic nitrogens is 1. The molecule has 0 aromatic carbocycles. The van der Waals surface area contributed by atoms with E-state index in [1.54, 1.807) is 25.3 Å². The maximum Gasteiger partial charge on any atom is 0.524 e. The van der Waals surface area contributed by atoms with Crippen LogP contribution in [0.3, 0.4) is 0 Å². The topological polar surface area (TPSA) is 51.6 Å². The summed E-state index contributed by atoms with van der Waals surface area (Å²) in [6.45, 7) is 2.17. The van der Waals surface area contributed by atoms with E-state index in [1.165, 1.54) is 6.20 Å². The first kappa shape index (κ1) is 9.19. The molecule has 0 saturated carbocycles. The van der Waals surface area contributed by atoms with Gasteiger partial charge in [0.25, 0.3) is 0 Å². The van der Waals surface area contributed by atoms with Crippen molar-refractivity contribution in [2.75, 3.05) is 6.61 Å². The average Bonchev–Trinajstić information content (AvgIpc) is 2.15. The molecule has 12 heavy (non-hydrogen) atoms. The molecule has 1 rings (SSSR count). The Morgan fingerprint density at radius 1 is 1.67 bits per heavy atom. The van der Waals surface area contributed by atoms with Gasteiger partial charge in [0.1, 0.15) is 0 Å². The fourth-order valence-corrected chi connectivity index (χ4v) is 0.710. The maximum absolute atomic E-state index is 9.26. The number of rotatable bonds is 4. The van der Waals surface area contributed by atoms with Crippen LogP contribution < -0.4 is 5.46 Å². The highest BCUT2D eigenvalue weighted by molar-refractivity contribution is 6.59. The monoisotopic (exact) mass is 167 g/mol. The Morgan fingerprint density at radius 3 is 3.08 bits per heavy atom. The Bertz CT molecular complexity index is 219. The van der Waals surface area contributed by atoms with Crippen LogP contribution in [-0.2, 0) is 9.69 Å². The van der Waals surface area contributed by atoms with Crippen LogP contribution in [0.15, 0.2) is 24.5 Å². The largest absolute Gasteiger partial charge is 0.524 e. The van der Waals surface area contributed by atoms with Crippen molar-refractivity contribution in [2.45, 2.75) is 6.92 Å². The van der Waals surface area contributed by atoms with Crippen molar-refractivity contribution in [1.82, 2.24) is 4.98 Å². The molecule has 0 aliphatic rings. The lowest BCUT2D eigenvalue weighted by molar-refractivity contribution is -0.216. The van der Waals surface area contributed by atoms with E-state index >= 15 is 0 Å². The number of hydrogen-bond donors (Lipinski definition) is 1. The van der Waals surface area contributed by atoms with Gasteiger partial charge in [-0.05, 0) is 13.0 Å². The van der Waals surface area contributed by atoms with Crippen LogP contribution in [0.5, 0.6) is 0 Å². The van der Waals surface area contributed by atoms with Gasteiger partial charge in [-0.2, -0.15) is 0 Å². The van der Waals surface area contributed by atoms with E-state index in [-0.39, 0.29) is 0 Å². The molecule has 0 saturated heterocycles. The van der Waals surface area contributed by atoms with Crippen LogP contribution in [0.1, 0.15) is 6.92 Å². The minimum atomic E-state index is -1.06. The highest BCUT2D eigenvalue weighted by Gasteiger charge is 2.16. The summed E-state index contributed by atoms with van der Waals surface area (Å²) in [5.74, 6) is 0. The second kappa shape index (κ2) is 4.87. The zero-order valence-electron chi connectivity index (χ0n) is 6.80. The maximum atomic E-state index is 9.26. The average molecular weight is 167 g/mol. The van der Waals surface area contributed by atoms with Gasteiger partial charge in [0.15, 0.2) is 0 Å². The molecular formula is C7H10BNO3. The van der Waals surface area contributed by atoms with E-state index < -0.39 is 7.12 Å². The summed E-state index contributed by atoms with van der Waals surface area (Å²) in [5, 5.41) is 9.26. The SMILES string of the molecule is CCOOB(O)c1cccnc1. The molecule has 4 nitrogen and oxygen atoms in total. The second-order valence-corrected chi connectivity index (χ2v) is 2.14. The number of pyridine rings is 1. The number of hydrogen-bond acceptors (Lipinski definition) is 4. The standard InChI is InChI=1S/C7H10BNO3/c1-2-11-12-8(10)7-4-3-5-9-6-7/h3-6,10H,2H2,1H3. The van der Waals surface area contributed by atoms with Crippen LogP contribution in [0.2, 0.25) is 0 Å². The van der Waals surface area contributed by atoms with E-state index in [1.807, 2.05) is 0 Å². The fraction of sp³-hybridized carbons (Fsp3) is 0.286. The molecule has 0 aliphatic carbocycles. The predicted octanol–water partition coefficient (Wildman–Crippen LogP) is -0.263. The van der Waals surface area contributed by atoms with E-state index in [4.69, 9.17) is 0 Å². The van der Waals surface area contributed by atoms with Crippen LogP contribution in [0.25, 0.3) is 0 Å². The third kappa shape index (κ3) is 2.62. The zero-order valence-corrected chi connectivity index (χ0v) is 6.80. The van der Waals surface area contributed by atoms with Gasteiger partial charge in [-0.15, -0.1) is 0 Å². The molecule has 1 heterocycles. The van der Waals surface area contributed by atoms with E-state index in [0.717, 1.165) is 0 Å². The van der Waals surface area contributed by atoms with Crippen molar-refractivity contribution in [2.24, 2.45) is 0 Å². The van der Waals surface area contributed by atoms with Gasteiger partial charge >= 0.3 is 7.12 Å².